The first kappa shape index (κ1) is 17.9. The molecule has 0 fully saturated rings. The number of tetrazole rings is 1. The molecule has 0 spiro atoms. The number of nitrogens with one attached hydrogen (secondary N) is 1. The van der Waals surface area contributed by atoms with Gasteiger partial charge in [-0.2, -0.15) is 0 Å². The number of carbonyl (C=O) groups excluding carboxylic acids is 1. The largest absolute Gasteiger partial charge is 0.495 e. The predicted octanol–water partition coefficient (Wildman–Crippen LogP) is 3.00. The van der Waals surface area contributed by atoms with Crippen LogP contribution in [0.4, 0.5) is 5.69 Å². The lowest BCUT2D eigenvalue weighted by Gasteiger charge is -2.17. The zero-order valence-electron chi connectivity index (χ0n) is 14.7. The average molecular weight is 369 g/mol. The molecule has 3 aromatic rings. The number of rotatable bonds is 6. The molecule has 2 aromatic carbocycles. The number of thioether (sulfide) groups is 1. The van der Waals surface area contributed by atoms with Crippen LogP contribution in [-0.4, -0.2) is 33.2 Å². The highest BCUT2D eigenvalue weighted by Gasteiger charge is 2.25. The quantitative estimate of drug-likeness (QED) is 0.673. The van der Waals surface area contributed by atoms with Crippen molar-refractivity contribution in [3.05, 3.63) is 59.7 Å². The summed E-state index contributed by atoms with van der Waals surface area (Å²) in [6.07, 6.45) is 0. The van der Waals surface area contributed by atoms with Gasteiger partial charge in [0, 0.05) is 7.05 Å². The molecule has 3 rings (SSSR count). The van der Waals surface area contributed by atoms with Gasteiger partial charge in [-0.05, 0) is 40.6 Å². The molecule has 0 radical (unpaired) electrons. The molecule has 26 heavy (non-hydrogen) atoms. The van der Waals surface area contributed by atoms with E-state index in [1.165, 1.54) is 11.8 Å². The number of aromatic nitrogens is 4. The van der Waals surface area contributed by atoms with Crippen molar-refractivity contribution < 1.29 is 9.53 Å². The Morgan fingerprint density at radius 3 is 2.65 bits per heavy atom. The van der Waals surface area contributed by atoms with E-state index >= 15 is 0 Å². The van der Waals surface area contributed by atoms with Crippen molar-refractivity contribution in [2.24, 2.45) is 7.05 Å². The van der Waals surface area contributed by atoms with E-state index in [0.717, 1.165) is 11.1 Å². The van der Waals surface area contributed by atoms with Crippen LogP contribution in [0, 0.1) is 6.92 Å². The number of ether oxygens (including phenoxy) is 1. The lowest BCUT2D eigenvalue weighted by molar-refractivity contribution is -0.115. The topological polar surface area (TPSA) is 81.9 Å². The monoisotopic (exact) mass is 369 g/mol. The molecule has 1 heterocycles. The Morgan fingerprint density at radius 2 is 2.00 bits per heavy atom. The molecule has 0 aliphatic heterocycles. The Bertz CT molecular complexity index is 898. The van der Waals surface area contributed by atoms with Crippen LogP contribution >= 0.6 is 11.8 Å². The number of hydrogen-bond acceptors (Lipinski definition) is 6. The SMILES string of the molecule is COc1ccc(C)cc1NC(=O)[C@H](Sc1nnnn1C)c1ccccc1. The molecule has 0 aliphatic rings. The standard InChI is InChI=1S/C18H19N5O2S/c1-12-9-10-15(25-3)14(11-12)19-17(24)16(13-7-5-4-6-8-13)26-18-20-21-22-23(18)2/h4-11,16H,1-3H3,(H,19,24)/t16-/m1/s1. The molecule has 8 heteroatoms. The highest BCUT2D eigenvalue weighted by atomic mass is 32.2. The fourth-order valence-electron chi connectivity index (χ4n) is 2.45. The summed E-state index contributed by atoms with van der Waals surface area (Å²) in [5.41, 5.74) is 2.53. The molecule has 1 aromatic heterocycles. The number of methoxy groups -OCH3 is 1. The molecule has 1 atom stereocenters. The summed E-state index contributed by atoms with van der Waals surface area (Å²) >= 11 is 1.29. The van der Waals surface area contributed by atoms with E-state index in [1.54, 1.807) is 18.8 Å². The number of benzene rings is 2. The van der Waals surface area contributed by atoms with Crippen LogP contribution in [0.25, 0.3) is 0 Å². The molecule has 1 N–H and O–H groups in total. The number of hydrogen-bond donors (Lipinski definition) is 1. The Hall–Kier alpha value is -2.87. The van der Waals surface area contributed by atoms with Crippen molar-refractivity contribution in [1.29, 1.82) is 0 Å². The van der Waals surface area contributed by atoms with Gasteiger partial charge in [-0.1, -0.05) is 48.2 Å². The normalized spacial score (nSPS) is 11.8. The lowest BCUT2D eigenvalue weighted by Crippen LogP contribution is -2.20. The fourth-order valence-corrected chi connectivity index (χ4v) is 3.39. The van der Waals surface area contributed by atoms with Crippen molar-refractivity contribution in [3.8, 4) is 5.75 Å². The summed E-state index contributed by atoms with van der Waals surface area (Å²) in [6, 6.07) is 15.2. The second kappa shape index (κ2) is 8.01. The van der Waals surface area contributed by atoms with Gasteiger partial charge in [0.2, 0.25) is 11.1 Å². The summed E-state index contributed by atoms with van der Waals surface area (Å²) in [5, 5.41) is 14.5. The Morgan fingerprint density at radius 1 is 1.23 bits per heavy atom. The van der Waals surface area contributed by atoms with Gasteiger partial charge in [0.15, 0.2) is 0 Å². The maximum Gasteiger partial charge on any atom is 0.242 e. The fraction of sp³-hybridized carbons (Fsp3) is 0.222. The third kappa shape index (κ3) is 4.02. The second-order valence-corrected chi connectivity index (χ2v) is 6.76. The van der Waals surface area contributed by atoms with Crippen LogP contribution in [0.3, 0.4) is 0 Å². The van der Waals surface area contributed by atoms with Crippen molar-refractivity contribution in [2.75, 3.05) is 12.4 Å². The van der Waals surface area contributed by atoms with Crippen molar-refractivity contribution in [3.63, 3.8) is 0 Å². The van der Waals surface area contributed by atoms with Crippen LogP contribution in [0.5, 0.6) is 5.75 Å². The van der Waals surface area contributed by atoms with Crippen molar-refractivity contribution in [2.45, 2.75) is 17.3 Å². The van der Waals surface area contributed by atoms with Gasteiger partial charge in [0.25, 0.3) is 0 Å². The molecule has 1 amide bonds. The van der Waals surface area contributed by atoms with E-state index < -0.39 is 5.25 Å². The van der Waals surface area contributed by atoms with Gasteiger partial charge < -0.3 is 10.1 Å². The second-order valence-electron chi connectivity index (χ2n) is 5.69. The van der Waals surface area contributed by atoms with Crippen LogP contribution in [0.2, 0.25) is 0 Å². The molecular weight excluding hydrogens is 350 g/mol. The van der Waals surface area contributed by atoms with E-state index in [4.69, 9.17) is 4.74 Å². The Kier molecular flexibility index (Phi) is 5.52. The summed E-state index contributed by atoms with van der Waals surface area (Å²) in [7, 11) is 3.32. The number of aryl methyl sites for hydroxylation is 2. The van der Waals surface area contributed by atoms with E-state index in [-0.39, 0.29) is 5.91 Å². The van der Waals surface area contributed by atoms with E-state index in [0.29, 0.717) is 16.6 Å². The maximum absolute atomic E-state index is 13.1. The number of amides is 1. The molecule has 7 nitrogen and oxygen atoms in total. The average Bonchev–Trinajstić information content (AvgIpc) is 3.05. The first-order valence-corrected chi connectivity index (χ1v) is 8.86. The highest BCUT2D eigenvalue weighted by molar-refractivity contribution is 8.00. The number of nitrogens with zero attached hydrogens (tertiary/aromatic N) is 4. The Balaban J connectivity index is 1.90. The third-order valence-electron chi connectivity index (χ3n) is 3.76. The first-order valence-electron chi connectivity index (χ1n) is 7.98. The molecule has 134 valence electrons. The maximum atomic E-state index is 13.1. The highest BCUT2D eigenvalue weighted by Crippen LogP contribution is 2.35. The van der Waals surface area contributed by atoms with Crippen LogP contribution < -0.4 is 10.1 Å². The third-order valence-corrected chi connectivity index (χ3v) is 5.04. The molecule has 0 aliphatic carbocycles. The summed E-state index contributed by atoms with van der Waals surface area (Å²) < 4.78 is 6.90. The number of anilines is 1. The van der Waals surface area contributed by atoms with Gasteiger partial charge in [0.05, 0.1) is 12.8 Å². The minimum absolute atomic E-state index is 0.173. The van der Waals surface area contributed by atoms with Crippen LogP contribution in [0.1, 0.15) is 16.4 Å². The van der Waals surface area contributed by atoms with Crippen molar-refractivity contribution >= 4 is 23.4 Å². The first-order chi connectivity index (χ1) is 12.6. The minimum Gasteiger partial charge on any atom is -0.495 e. The van der Waals surface area contributed by atoms with Gasteiger partial charge in [0.1, 0.15) is 11.0 Å². The number of carbonyl (C=O) groups is 1. The molecule has 0 saturated carbocycles. The van der Waals surface area contributed by atoms with Gasteiger partial charge >= 0.3 is 0 Å². The van der Waals surface area contributed by atoms with Crippen LogP contribution in [-0.2, 0) is 11.8 Å². The van der Waals surface area contributed by atoms with Gasteiger partial charge in [-0.25, -0.2) is 4.68 Å². The summed E-state index contributed by atoms with van der Waals surface area (Å²) in [6.45, 7) is 1.96. The van der Waals surface area contributed by atoms with Crippen LogP contribution in [0.15, 0.2) is 53.7 Å². The van der Waals surface area contributed by atoms with E-state index in [2.05, 4.69) is 20.8 Å². The zero-order chi connectivity index (χ0) is 18.5. The van der Waals surface area contributed by atoms with E-state index in [9.17, 15) is 4.79 Å². The lowest BCUT2D eigenvalue weighted by atomic mass is 10.1. The molecule has 0 unspecified atom stereocenters. The Labute approximate surface area is 155 Å². The molecule has 0 saturated heterocycles. The zero-order valence-corrected chi connectivity index (χ0v) is 15.5. The molecular formula is C18H19N5O2S. The smallest absolute Gasteiger partial charge is 0.242 e. The van der Waals surface area contributed by atoms with E-state index in [1.807, 2.05) is 55.5 Å². The van der Waals surface area contributed by atoms with Crippen molar-refractivity contribution in [1.82, 2.24) is 20.2 Å². The summed E-state index contributed by atoms with van der Waals surface area (Å²) in [4.78, 5) is 13.1. The molecule has 0 bridgehead atoms. The summed E-state index contributed by atoms with van der Waals surface area (Å²) in [5.74, 6) is 0.439. The minimum atomic E-state index is -0.508. The van der Waals surface area contributed by atoms with Gasteiger partial charge in [-0.15, -0.1) is 5.10 Å². The predicted molar refractivity (Wildman–Crippen MR) is 100 cm³/mol. The van der Waals surface area contributed by atoms with Gasteiger partial charge in [-0.3, -0.25) is 4.79 Å².